The first-order chi connectivity index (χ1) is 22.5. The van der Waals surface area contributed by atoms with Crippen LogP contribution in [0.4, 0.5) is 0 Å². The fourth-order valence-corrected chi connectivity index (χ4v) is 6.36. The third-order valence-corrected chi connectivity index (χ3v) is 9.15. The molecule has 0 unspecified atom stereocenters. The van der Waals surface area contributed by atoms with E-state index in [2.05, 4.69) is 6.92 Å². The molecule has 1 fully saturated rings. The predicted octanol–water partition coefficient (Wildman–Crippen LogP) is 9.45. The number of unbranched alkanes of at least 4 members (excludes halogenated alkanes) is 14. The highest BCUT2D eigenvalue weighted by atomic mass is 16.6. The van der Waals surface area contributed by atoms with E-state index >= 15 is 0 Å². The summed E-state index contributed by atoms with van der Waals surface area (Å²) in [4.78, 5) is 25.3. The van der Waals surface area contributed by atoms with Crippen molar-refractivity contribution in [2.75, 3.05) is 27.9 Å². The number of ether oxygens (including phenoxy) is 5. The zero-order valence-electron chi connectivity index (χ0n) is 28.9. The molecular weight excluding hydrogens is 580 g/mol. The average molecular weight is 639 g/mol. The molecule has 0 spiro atoms. The molecule has 0 bridgehead atoms. The summed E-state index contributed by atoms with van der Waals surface area (Å²) in [7, 11) is 4.79. The topological polar surface area (TPSA) is 80.3 Å². The van der Waals surface area contributed by atoms with Crippen LogP contribution in [0.1, 0.15) is 121 Å². The molecule has 0 aromatic heterocycles. The van der Waals surface area contributed by atoms with Gasteiger partial charge in [0.25, 0.3) is 0 Å². The van der Waals surface area contributed by atoms with Gasteiger partial charge in [-0.3, -0.25) is 9.59 Å². The summed E-state index contributed by atoms with van der Waals surface area (Å²) >= 11 is 0. The second-order valence-electron chi connectivity index (χ2n) is 12.8. The molecule has 0 saturated carbocycles. The molecule has 1 saturated heterocycles. The summed E-state index contributed by atoms with van der Waals surface area (Å²) in [5, 5.41) is 0. The Morgan fingerprint density at radius 3 is 1.67 bits per heavy atom. The Labute approximate surface area is 277 Å². The van der Waals surface area contributed by atoms with Gasteiger partial charge in [0.2, 0.25) is 0 Å². The van der Waals surface area contributed by atoms with Gasteiger partial charge in [-0.15, -0.1) is 0 Å². The summed E-state index contributed by atoms with van der Waals surface area (Å²) in [5.41, 5.74) is 1.99. The van der Waals surface area contributed by atoms with Gasteiger partial charge >= 0.3 is 11.9 Å². The van der Waals surface area contributed by atoms with E-state index in [-0.39, 0.29) is 23.8 Å². The fraction of sp³-hybridized carbons (Fsp3) is 0.641. The molecule has 1 aliphatic heterocycles. The van der Waals surface area contributed by atoms with Crippen molar-refractivity contribution in [3.05, 3.63) is 47.5 Å². The Bertz CT molecular complexity index is 1180. The number of benzene rings is 2. The van der Waals surface area contributed by atoms with Crippen molar-refractivity contribution in [3.63, 3.8) is 0 Å². The van der Waals surface area contributed by atoms with Crippen LogP contribution < -0.4 is 18.9 Å². The van der Waals surface area contributed by atoms with Crippen LogP contribution in [0.15, 0.2) is 36.4 Å². The minimum absolute atomic E-state index is 0.0315. The lowest BCUT2D eigenvalue weighted by molar-refractivity contribution is -0.141. The molecule has 7 nitrogen and oxygen atoms in total. The van der Waals surface area contributed by atoms with Crippen LogP contribution in [0.2, 0.25) is 0 Å². The van der Waals surface area contributed by atoms with Gasteiger partial charge in [-0.2, -0.15) is 0 Å². The Morgan fingerprint density at radius 2 is 1.13 bits per heavy atom. The lowest BCUT2D eigenvalue weighted by atomic mass is 9.85. The fourth-order valence-electron chi connectivity index (χ4n) is 6.36. The van der Waals surface area contributed by atoms with E-state index in [1.807, 2.05) is 30.3 Å². The Kier molecular flexibility index (Phi) is 17.4. The van der Waals surface area contributed by atoms with Gasteiger partial charge in [0.1, 0.15) is 0 Å². The van der Waals surface area contributed by atoms with Crippen molar-refractivity contribution in [1.29, 1.82) is 0 Å². The number of rotatable bonds is 24. The van der Waals surface area contributed by atoms with Crippen LogP contribution in [0, 0.1) is 11.8 Å². The van der Waals surface area contributed by atoms with E-state index in [1.54, 1.807) is 27.4 Å². The third kappa shape index (κ3) is 12.9. The van der Waals surface area contributed by atoms with Gasteiger partial charge in [0.05, 0.1) is 33.9 Å². The highest BCUT2D eigenvalue weighted by Crippen LogP contribution is 2.35. The van der Waals surface area contributed by atoms with Crippen LogP contribution in [0.25, 0.3) is 0 Å². The molecule has 2 aromatic carbocycles. The molecule has 2 aromatic rings. The zero-order valence-corrected chi connectivity index (χ0v) is 28.9. The molecular formula is C39H58O7. The number of hydrogen-bond acceptors (Lipinski definition) is 7. The normalized spacial score (nSPS) is 15.9. The molecule has 1 heterocycles. The SMILES string of the molecule is CCCCCCCCCCCCCCCCCC(=O)Oc1ccc(C[C@H]2C(=O)OC[C@@H]2Cc2ccc(OC)c(OC)c2)cc1OC. The van der Waals surface area contributed by atoms with Crippen LogP contribution in [-0.4, -0.2) is 39.9 Å². The van der Waals surface area contributed by atoms with Gasteiger partial charge in [0, 0.05) is 12.3 Å². The number of hydrogen-bond donors (Lipinski definition) is 0. The van der Waals surface area contributed by atoms with E-state index in [0.29, 0.717) is 48.9 Å². The highest BCUT2D eigenvalue weighted by Gasteiger charge is 2.37. The summed E-state index contributed by atoms with van der Waals surface area (Å²) in [6, 6.07) is 11.3. The number of methoxy groups -OCH3 is 3. The summed E-state index contributed by atoms with van der Waals surface area (Å²) in [5.74, 6) is 1.55. The maximum absolute atomic E-state index is 12.7. The molecule has 1 aliphatic rings. The van der Waals surface area contributed by atoms with Crippen molar-refractivity contribution in [2.45, 2.75) is 122 Å². The van der Waals surface area contributed by atoms with Gasteiger partial charge in [-0.25, -0.2) is 0 Å². The van der Waals surface area contributed by atoms with Crippen molar-refractivity contribution in [2.24, 2.45) is 11.8 Å². The highest BCUT2D eigenvalue weighted by molar-refractivity contribution is 5.75. The average Bonchev–Trinajstić information content (AvgIpc) is 3.40. The number of esters is 2. The van der Waals surface area contributed by atoms with E-state index in [0.717, 1.165) is 24.0 Å². The molecule has 0 aliphatic carbocycles. The third-order valence-electron chi connectivity index (χ3n) is 9.15. The molecule has 256 valence electrons. The molecule has 0 N–H and O–H groups in total. The van der Waals surface area contributed by atoms with Gasteiger partial charge < -0.3 is 23.7 Å². The molecule has 7 heteroatoms. The first kappa shape index (κ1) is 37.2. The van der Waals surface area contributed by atoms with Crippen molar-refractivity contribution in [1.82, 2.24) is 0 Å². The lowest BCUT2D eigenvalue weighted by Gasteiger charge is -2.17. The van der Waals surface area contributed by atoms with Gasteiger partial charge in [-0.1, -0.05) is 109 Å². The van der Waals surface area contributed by atoms with Crippen LogP contribution in [0.3, 0.4) is 0 Å². The summed E-state index contributed by atoms with van der Waals surface area (Å²) in [6.45, 7) is 2.65. The van der Waals surface area contributed by atoms with Gasteiger partial charge in [0.15, 0.2) is 23.0 Å². The lowest BCUT2D eigenvalue weighted by Crippen LogP contribution is -2.20. The maximum Gasteiger partial charge on any atom is 0.311 e. The molecule has 3 rings (SSSR count). The first-order valence-corrected chi connectivity index (χ1v) is 17.7. The minimum Gasteiger partial charge on any atom is -0.493 e. The largest absolute Gasteiger partial charge is 0.493 e. The molecule has 0 amide bonds. The van der Waals surface area contributed by atoms with E-state index in [9.17, 15) is 9.59 Å². The Balaban J connectivity index is 1.35. The summed E-state index contributed by atoms with van der Waals surface area (Å²) < 4.78 is 27.5. The van der Waals surface area contributed by atoms with Gasteiger partial charge in [-0.05, 0) is 54.7 Å². The second kappa shape index (κ2) is 21.6. The zero-order chi connectivity index (χ0) is 33.0. The van der Waals surface area contributed by atoms with Crippen molar-refractivity contribution < 1.29 is 33.3 Å². The standard InChI is InChI=1S/C39H58O7/c1-5-6-7-8-9-10-11-12-13-14-15-16-17-18-19-20-38(40)46-35-24-22-31(28-37(35)44-4)26-33-32(29-45-39(33)41)25-30-21-23-34(42-2)36(27-30)43-3/h21-24,27-28,32-33H,5-20,25-26,29H2,1-4H3/t32-,33+/m0/s1. The molecule has 46 heavy (non-hydrogen) atoms. The Morgan fingerprint density at radius 1 is 0.652 bits per heavy atom. The molecule has 2 atom stereocenters. The van der Waals surface area contributed by atoms with E-state index < -0.39 is 0 Å². The maximum atomic E-state index is 12.7. The quantitative estimate of drug-likeness (QED) is 0.0644. The number of carbonyl (C=O) groups excluding carboxylic acids is 2. The van der Waals surface area contributed by atoms with E-state index in [4.69, 9.17) is 23.7 Å². The van der Waals surface area contributed by atoms with Crippen molar-refractivity contribution in [3.8, 4) is 23.0 Å². The second-order valence-corrected chi connectivity index (χ2v) is 12.8. The van der Waals surface area contributed by atoms with Crippen LogP contribution in [-0.2, 0) is 27.2 Å². The van der Waals surface area contributed by atoms with Crippen LogP contribution >= 0.6 is 0 Å². The van der Waals surface area contributed by atoms with Crippen molar-refractivity contribution >= 4 is 11.9 Å². The molecule has 0 radical (unpaired) electrons. The van der Waals surface area contributed by atoms with E-state index in [1.165, 1.54) is 83.5 Å². The monoisotopic (exact) mass is 638 g/mol. The number of cyclic esters (lactones) is 1. The Hall–Kier alpha value is -3.22. The predicted molar refractivity (Wildman–Crippen MR) is 183 cm³/mol. The first-order valence-electron chi connectivity index (χ1n) is 17.7. The number of carbonyl (C=O) groups is 2. The van der Waals surface area contributed by atoms with Crippen LogP contribution in [0.5, 0.6) is 23.0 Å². The smallest absolute Gasteiger partial charge is 0.311 e. The minimum atomic E-state index is -0.281. The summed E-state index contributed by atoms with van der Waals surface area (Å²) in [6.07, 6.45) is 20.9.